The molecule has 1 saturated carbocycles. The summed E-state index contributed by atoms with van der Waals surface area (Å²) in [6.45, 7) is 2.96. The van der Waals surface area contributed by atoms with Crippen molar-refractivity contribution in [3.05, 3.63) is 76.3 Å². The van der Waals surface area contributed by atoms with Gasteiger partial charge in [-0.15, -0.1) is 16.4 Å². The van der Waals surface area contributed by atoms with Crippen molar-refractivity contribution < 1.29 is 13.9 Å². The lowest BCUT2D eigenvalue weighted by atomic mass is 9.96. The molecule has 1 aliphatic carbocycles. The molecule has 7 rings (SSSR count). The van der Waals surface area contributed by atoms with Crippen molar-refractivity contribution in [2.45, 2.75) is 31.3 Å². The quantitative estimate of drug-likeness (QED) is 0.396. The minimum atomic E-state index is -0.859. The van der Waals surface area contributed by atoms with E-state index in [4.69, 9.17) is 19.1 Å². The topological polar surface area (TPSA) is 106 Å². The summed E-state index contributed by atoms with van der Waals surface area (Å²) in [7, 11) is 0. The normalized spacial score (nSPS) is 19.6. The number of carbonyl (C=O) groups excluding carboxylic acids is 1. The maximum Gasteiger partial charge on any atom is 0.317 e. The summed E-state index contributed by atoms with van der Waals surface area (Å²) >= 11 is 1.71. The lowest BCUT2D eigenvalue weighted by Crippen LogP contribution is -2.35. The minimum Gasteiger partial charge on any atom is -0.402 e. The summed E-state index contributed by atoms with van der Waals surface area (Å²) in [4.78, 5) is 25.3. The number of morpholine rings is 1. The summed E-state index contributed by atoms with van der Waals surface area (Å²) in [6.07, 6.45) is 1.73. The predicted molar refractivity (Wildman–Crippen MR) is 145 cm³/mol. The number of nitrogens with zero attached hydrogens (tertiary/aromatic N) is 5. The number of ketones is 1. The number of carbonyl (C=O) groups is 1. The lowest BCUT2D eigenvalue weighted by Gasteiger charge is -2.27. The third-order valence-electron chi connectivity index (χ3n) is 6.99. The number of ether oxygens (including phenoxy) is 1. The summed E-state index contributed by atoms with van der Waals surface area (Å²) in [6, 6.07) is 17.9. The molecule has 2 fully saturated rings. The van der Waals surface area contributed by atoms with Gasteiger partial charge in [-0.2, -0.15) is 0 Å². The third kappa shape index (κ3) is 4.50. The highest BCUT2D eigenvalue weighted by Gasteiger charge is 2.33. The number of fused-ring (bicyclic) bond motifs is 1. The molecule has 10 heteroatoms. The van der Waals surface area contributed by atoms with Gasteiger partial charge in [0.05, 0.1) is 23.9 Å². The average Bonchev–Trinajstić information content (AvgIpc) is 3.58. The number of aromatic nitrogens is 3. The van der Waals surface area contributed by atoms with E-state index in [1.807, 2.05) is 54.6 Å². The molecule has 2 aliphatic heterocycles. The van der Waals surface area contributed by atoms with Gasteiger partial charge in [0.2, 0.25) is 0 Å². The van der Waals surface area contributed by atoms with Crippen LogP contribution in [0.15, 0.2) is 64.0 Å². The Kier molecular flexibility index (Phi) is 5.98. The number of Topliss-reactive ketones (excluding diaryl/α,β-unsaturated/α-hetero) is 1. The van der Waals surface area contributed by atoms with Crippen LogP contribution in [0, 0.1) is 0 Å². The van der Waals surface area contributed by atoms with Crippen molar-refractivity contribution in [2.75, 3.05) is 36.5 Å². The molecular weight excluding hydrogens is 500 g/mol. The van der Waals surface area contributed by atoms with Crippen molar-refractivity contribution >= 4 is 33.8 Å². The fourth-order valence-electron chi connectivity index (χ4n) is 4.85. The molecule has 0 amide bonds. The molecule has 0 spiro atoms. The number of aliphatic imine (C=N–C) groups is 1. The predicted octanol–water partition coefficient (Wildman–Crippen LogP) is 4.31. The van der Waals surface area contributed by atoms with Gasteiger partial charge in [0.25, 0.3) is 5.89 Å². The van der Waals surface area contributed by atoms with Gasteiger partial charge < -0.3 is 19.4 Å². The van der Waals surface area contributed by atoms with Gasteiger partial charge in [0.1, 0.15) is 5.00 Å². The monoisotopic (exact) mass is 526 g/mol. The van der Waals surface area contributed by atoms with E-state index >= 15 is 0 Å². The van der Waals surface area contributed by atoms with Crippen molar-refractivity contribution in [3.63, 3.8) is 0 Å². The van der Waals surface area contributed by atoms with E-state index in [0.717, 1.165) is 45.5 Å². The van der Waals surface area contributed by atoms with Crippen molar-refractivity contribution in [3.8, 4) is 11.6 Å². The first-order chi connectivity index (χ1) is 18.7. The third-order valence-corrected chi connectivity index (χ3v) is 8.26. The van der Waals surface area contributed by atoms with Gasteiger partial charge in [-0.25, -0.2) is 4.98 Å². The Labute approximate surface area is 223 Å². The Balaban J connectivity index is 1.21. The van der Waals surface area contributed by atoms with Crippen LogP contribution in [0.2, 0.25) is 0 Å². The molecule has 1 N–H and O–H groups in total. The maximum absolute atomic E-state index is 13.3. The van der Waals surface area contributed by atoms with Gasteiger partial charge in [0.15, 0.2) is 17.6 Å². The first-order valence-electron chi connectivity index (χ1n) is 12.9. The zero-order chi connectivity index (χ0) is 25.5. The van der Waals surface area contributed by atoms with Crippen molar-refractivity contribution in [1.82, 2.24) is 15.2 Å². The van der Waals surface area contributed by atoms with E-state index in [0.29, 0.717) is 30.7 Å². The van der Waals surface area contributed by atoms with Crippen LogP contribution in [0.4, 0.5) is 11.0 Å². The van der Waals surface area contributed by atoms with Crippen molar-refractivity contribution in [1.29, 1.82) is 0 Å². The molecule has 2 aromatic heterocycles. The highest BCUT2D eigenvalue weighted by molar-refractivity contribution is 7.16. The van der Waals surface area contributed by atoms with E-state index in [1.54, 1.807) is 11.3 Å². The van der Waals surface area contributed by atoms with Crippen LogP contribution in [0.5, 0.6) is 0 Å². The smallest absolute Gasteiger partial charge is 0.317 e. The maximum atomic E-state index is 13.3. The first-order valence-corrected chi connectivity index (χ1v) is 13.7. The Bertz CT molecular complexity index is 1500. The van der Waals surface area contributed by atoms with Gasteiger partial charge >= 0.3 is 6.01 Å². The molecule has 3 aliphatic rings. The second-order valence-electron chi connectivity index (χ2n) is 9.68. The molecule has 38 heavy (non-hydrogen) atoms. The van der Waals surface area contributed by atoms with Crippen LogP contribution in [-0.4, -0.2) is 59.1 Å². The van der Waals surface area contributed by atoms with Gasteiger partial charge in [-0.05, 0) is 18.4 Å². The van der Waals surface area contributed by atoms with E-state index in [2.05, 4.69) is 20.4 Å². The van der Waals surface area contributed by atoms with Crippen molar-refractivity contribution in [2.24, 2.45) is 4.99 Å². The first kappa shape index (κ1) is 23.2. The molecule has 4 heterocycles. The van der Waals surface area contributed by atoms with Crippen LogP contribution in [0.3, 0.4) is 0 Å². The molecule has 2 aromatic carbocycles. The Morgan fingerprint density at radius 3 is 2.58 bits per heavy atom. The van der Waals surface area contributed by atoms with E-state index in [1.165, 1.54) is 12.8 Å². The van der Waals surface area contributed by atoms with E-state index in [9.17, 15) is 4.79 Å². The SMILES string of the molecule is O=C1Cc2ccccc2C(c2ccccc2)=N[C@@H]1Nc1nnc(-c2nc(C3CC3)sc2N2CCOCC2)o1. The van der Waals surface area contributed by atoms with Crippen LogP contribution in [-0.2, 0) is 16.0 Å². The summed E-state index contributed by atoms with van der Waals surface area (Å²) in [5, 5.41) is 13.8. The molecule has 1 saturated heterocycles. The van der Waals surface area contributed by atoms with E-state index < -0.39 is 6.17 Å². The second kappa shape index (κ2) is 9.77. The van der Waals surface area contributed by atoms with Crippen LogP contribution in [0.1, 0.15) is 40.5 Å². The highest BCUT2D eigenvalue weighted by Crippen LogP contribution is 2.47. The number of benzene rings is 2. The van der Waals surface area contributed by atoms with Crippen LogP contribution < -0.4 is 10.2 Å². The second-order valence-corrected chi connectivity index (χ2v) is 10.7. The molecule has 192 valence electrons. The molecule has 4 aromatic rings. The van der Waals surface area contributed by atoms with E-state index in [-0.39, 0.29) is 18.2 Å². The number of hydrogen-bond acceptors (Lipinski definition) is 10. The number of nitrogens with one attached hydrogen (secondary N) is 1. The molecule has 0 bridgehead atoms. The molecule has 9 nitrogen and oxygen atoms in total. The summed E-state index contributed by atoms with van der Waals surface area (Å²) in [5.74, 6) is 0.792. The summed E-state index contributed by atoms with van der Waals surface area (Å²) < 4.78 is 11.6. The molecular formula is C28H26N6O3S. The summed E-state index contributed by atoms with van der Waals surface area (Å²) in [5.41, 5.74) is 4.30. The largest absolute Gasteiger partial charge is 0.402 e. The standard InChI is InChI=1S/C28H26N6O3S/c35-21-16-19-8-4-5-9-20(19)22(17-6-2-1-3-7-17)29-24(21)31-28-33-32-25(37-28)23-27(34-12-14-36-15-13-34)38-26(30-23)18-10-11-18/h1-9,18,24H,10-16H2,(H,31,33)/t24-/m1/s1. The molecule has 1 atom stereocenters. The Hall–Kier alpha value is -3.89. The number of rotatable bonds is 6. The Morgan fingerprint density at radius 2 is 1.76 bits per heavy atom. The van der Waals surface area contributed by atoms with Gasteiger partial charge in [-0.1, -0.05) is 59.7 Å². The van der Waals surface area contributed by atoms with Gasteiger partial charge in [0, 0.05) is 36.6 Å². The fraction of sp³-hybridized carbons (Fsp3) is 0.321. The highest BCUT2D eigenvalue weighted by atomic mass is 32.1. The van der Waals surface area contributed by atoms with Gasteiger partial charge in [-0.3, -0.25) is 9.79 Å². The van der Waals surface area contributed by atoms with Crippen LogP contribution in [0.25, 0.3) is 11.6 Å². The zero-order valence-corrected chi connectivity index (χ0v) is 21.5. The van der Waals surface area contributed by atoms with Crippen LogP contribution >= 0.6 is 11.3 Å². The Morgan fingerprint density at radius 1 is 0.974 bits per heavy atom. The number of thiazole rings is 1. The molecule has 0 unspecified atom stereocenters. The lowest BCUT2D eigenvalue weighted by molar-refractivity contribution is -0.119. The zero-order valence-electron chi connectivity index (χ0n) is 20.7. The minimum absolute atomic E-state index is 0.0678. The molecule has 0 radical (unpaired) electrons. The fourth-order valence-corrected chi connectivity index (χ4v) is 6.13. The number of hydrogen-bond donors (Lipinski definition) is 1. The number of anilines is 2. The average molecular weight is 527 g/mol.